The van der Waals surface area contributed by atoms with Crippen molar-refractivity contribution in [3.63, 3.8) is 0 Å². The van der Waals surface area contributed by atoms with Crippen LogP contribution in [0.15, 0.2) is 65.2 Å². The van der Waals surface area contributed by atoms with E-state index in [4.69, 9.17) is 14.0 Å². The molecule has 0 saturated carbocycles. The van der Waals surface area contributed by atoms with E-state index in [0.717, 1.165) is 29.7 Å². The van der Waals surface area contributed by atoms with Crippen molar-refractivity contribution in [1.29, 1.82) is 0 Å². The number of benzene rings is 2. The van der Waals surface area contributed by atoms with Crippen LogP contribution in [-0.2, 0) is 11.3 Å². The van der Waals surface area contributed by atoms with Crippen molar-refractivity contribution in [1.82, 2.24) is 10.1 Å². The minimum Gasteiger partial charge on any atom is -0.497 e. The van der Waals surface area contributed by atoms with Gasteiger partial charge in [0.1, 0.15) is 11.4 Å². The van der Waals surface area contributed by atoms with E-state index < -0.39 is 0 Å². The highest BCUT2D eigenvalue weighted by atomic mass is 16.5. The van der Waals surface area contributed by atoms with Crippen LogP contribution < -0.4 is 4.74 Å². The molecule has 1 aliphatic rings. The molecule has 1 amide bonds. The van der Waals surface area contributed by atoms with Gasteiger partial charge in [-0.05, 0) is 56.5 Å². The Morgan fingerprint density at radius 2 is 1.90 bits per heavy atom. The minimum absolute atomic E-state index is 0.0611. The molecule has 3 aromatic rings. The van der Waals surface area contributed by atoms with Gasteiger partial charge in [-0.2, -0.15) is 0 Å². The van der Waals surface area contributed by atoms with Crippen LogP contribution in [0.1, 0.15) is 42.8 Å². The van der Waals surface area contributed by atoms with E-state index in [1.165, 1.54) is 0 Å². The first-order valence-electron chi connectivity index (χ1n) is 10.6. The fourth-order valence-corrected chi connectivity index (χ4v) is 4.03. The Hall–Kier alpha value is -3.12. The Morgan fingerprint density at radius 1 is 1.16 bits per heavy atom. The fourth-order valence-electron chi connectivity index (χ4n) is 4.03. The zero-order chi connectivity index (χ0) is 21.8. The molecule has 6 heteroatoms. The third-order valence-corrected chi connectivity index (χ3v) is 5.68. The SMILES string of the molecule is COc1ccc(-c2cc(C(=O)N(Cc3ccccc3)[C@H]3CCOC(C)(C)C3)on2)cc1. The van der Waals surface area contributed by atoms with E-state index in [-0.39, 0.29) is 23.3 Å². The van der Waals surface area contributed by atoms with Crippen LogP contribution in [0, 0.1) is 0 Å². The molecule has 0 unspecified atom stereocenters. The Kier molecular flexibility index (Phi) is 6.09. The topological polar surface area (TPSA) is 64.8 Å². The first-order chi connectivity index (χ1) is 14.9. The lowest BCUT2D eigenvalue weighted by Crippen LogP contribution is -2.48. The molecule has 1 fully saturated rings. The van der Waals surface area contributed by atoms with Gasteiger partial charge in [0.05, 0.1) is 12.7 Å². The number of carbonyl (C=O) groups excluding carboxylic acids is 1. The molecule has 6 nitrogen and oxygen atoms in total. The maximum Gasteiger partial charge on any atom is 0.293 e. The summed E-state index contributed by atoms with van der Waals surface area (Å²) < 4.78 is 16.6. The fraction of sp³-hybridized carbons (Fsp3) is 0.360. The lowest BCUT2D eigenvalue weighted by molar-refractivity contribution is -0.0795. The third-order valence-electron chi connectivity index (χ3n) is 5.68. The molecule has 1 aromatic heterocycles. The highest BCUT2D eigenvalue weighted by molar-refractivity contribution is 5.92. The number of carbonyl (C=O) groups is 1. The molecule has 0 N–H and O–H groups in total. The second-order valence-corrected chi connectivity index (χ2v) is 8.48. The van der Waals surface area contributed by atoms with Crippen molar-refractivity contribution in [3.8, 4) is 17.0 Å². The maximum atomic E-state index is 13.5. The molecule has 0 bridgehead atoms. The summed E-state index contributed by atoms with van der Waals surface area (Å²) in [6, 6.07) is 19.3. The Balaban J connectivity index is 1.60. The van der Waals surface area contributed by atoms with Crippen molar-refractivity contribution in [2.75, 3.05) is 13.7 Å². The Bertz CT molecular complexity index is 1010. The smallest absolute Gasteiger partial charge is 0.293 e. The van der Waals surface area contributed by atoms with E-state index in [1.807, 2.05) is 59.5 Å². The summed E-state index contributed by atoms with van der Waals surface area (Å²) in [6.45, 7) is 5.28. The maximum absolute atomic E-state index is 13.5. The summed E-state index contributed by atoms with van der Waals surface area (Å²) in [4.78, 5) is 15.4. The molecule has 0 spiro atoms. The zero-order valence-corrected chi connectivity index (χ0v) is 18.2. The average Bonchev–Trinajstić information content (AvgIpc) is 3.27. The molecule has 1 atom stereocenters. The van der Waals surface area contributed by atoms with Gasteiger partial charge in [-0.25, -0.2) is 0 Å². The first-order valence-corrected chi connectivity index (χ1v) is 10.6. The minimum atomic E-state index is -0.270. The van der Waals surface area contributed by atoms with Crippen LogP contribution in [0.2, 0.25) is 0 Å². The van der Waals surface area contributed by atoms with Crippen LogP contribution in [0.5, 0.6) is 5.75 Å². The third kappa shape index (κ3) is 4.97. The van der Waals surface area contributed by atoms with Gasteiger partial charge in [0.15, 0.2) is 0 Å². The molecule has 4 rings (SSSR count). The zero-order valence-electron chi connectivity index (χ0n) is 18.2. The second kappa shape index (κ2) is 8.94. The highest BCUT2D eigenvalue weighted by Gasteiger charge is 2.35. The van der Waals surface area contributed by atoms with Gasteiger partial charge < -0.3 is 18.9 Å². The number of amides is 1. The van der Waals surface area contributed by atoms with Gasteiger partial charge in [-0.3, -0.25) is 4.79 Å². The summed E-state index contributed by atoms with van der Waals surface area (Å²) in [5.41, 5.74) is 2.30. The van der Waals surface area contributed by atoms with Crippen LogP contribution in [0.3, 0.4) is 0 Å². The number of ether oxygens (including phenoxy) is 2. The average molecular weight is 421 g/mol. The summed E-state index contributed by atoms with van der Waals surface area (Å²) in [7, 11) is 1.63. The van der Waals surface area contributed by atoms with E-state index in [9.17, 15) is 4.79 Å². The molecule has 0 radical (unpaired) electrons. The summed E-state index contributed by atoms with van der Waals surface area (Å²) >= 11 is 0. The molecule has 0 aliphatic carbocycles. The Morgan fingerprint density at radius 3 is 2.58 bits per heavy atom. The summed E-state index contributed by atoms with van der Waals surface area (Å²) in [5.74, 6) is 0.851. The number of hydrogen-bond donors (Lipinski definition) is 0. The van der Waals surface area contributed by atoms with E-state index >= 15 is 0 Å². The van der Waals surface area contributed by atoms with Crippen molar-refractivity contribution in [3.05, 3.63) is 72.0 Å². The number of methoxy groups -OCH3 is 1. The van der Waals surface area contributed by atoms with Gasteiger partial charge in [-0.1, -0.05) is 35.5 Å². The number of nitrogens with zero attached hydrogens (tertiary/aromatic N) is 2. The van der Waals surface area contributed by atoms with E-state index in [0.29, 0.717) is 18.8 Å². The van der Waals surface area contributed by atoms with Crippen molar-refractivity contribution in [2.45, 2.75) is 44.9 Å². The standard InChI is InChI=1S/C25H28N2O4/c1-25(2)16-20(13-14-30-25)27(17-18-7-5-4-6-8-18)24(28)23-15-22(26-31-23)19-9-11-21(29-3)12-10-19/h4-12,15,20H,13-14,16-17H2,1-3H3/t20-/m0/s1. The van der Waals surface area contributed by atoms with Crippen molar-refractivity contribution >= 4 is 5.91 Å². The summed E-state index contributed by atoms with van der Waals surface area (Å²) in [5, 5.41) is 4.14. The van der Waals surface area contributed by atoms with E-state index in [2.05, 4.69) is 19.0 Å². The van der Waals surface area contributed by atoms with Gasteiger partial charge in [-0.15, -0.1) is 0 Å². The predicted molar refractivity (Wildman–Crippen MR) is 118 cm³/mol. The van der Waals surface area contributed by atoms with Crippen molar-refractivity contribution in [2.24, 2.45) is 0 Å². The number of hydrogen-bond acceptors (Lipinski definition) is 5. The molecule has 1 aliphatic heterocycles. The van der Waals surface area contributed by atoms with Crippen LogP contribution in [0.4, 0.5) is 0 Å². The normalized spacial score (nSPS) is 17.8. The molecular formula is C25H28N2O4. The lowest BCUT2D eigenvalue weighted by Gasteiger charge is -2.41. The molecule has 2 heterocycles. The monoisotopic (exact) mass is 420 g/mol. The van der Waals surface area contributed by atoms with Gasteiger partial charge in [0.2, 0.25) is 5.76 Å². The van der Waals surface area contributed by atoms with Crippen LogP contribution in [0.25, 0.3) is 11.3 Å². The van der Waals surface area contributed by atoms with E-state index in [1.54, 1.807) is 13.2 Å². The van der Waals surface area contributed by atoms with Gasteiger partial charge in [0, 0.05) is 30.8 Å². The predicted octanol–water partition coefficient (Wildman–Crippen LogP) is 4.95. The van der Waals surface area contributed by atoms with Crippen molar-refractivity contribution < 1.29 is 18.8 Å². The molecule has 31 heavy (non-hydrogen) atoms. The highest BCUT2D eigenvalue weighted by Crippen LogP contribution is 2.30. The Labute approximate surface area is 182 Å². The quantitative estimate of drug-likeness (QED) is 0.565. The molecule has 162 valence electrons. The van der Waals surface area contributed by atoms with Crippen LogP contribution in [-0.4, -0.2) is 41.3 Å². The first kappa shape index (κ1) is 21.1. The second-order valence-electron chi connectivity index (χ2n) is 8.48. The molecule has 1 saturated heterocycles. The number of rotatable bonds is 6. The van der Waals surface area contributed by atoms with Crippen LogP contribution >= 0.6 is 0 Å². The number of aromatic nitrogens is 1. The molecular weight excluding hydrogens is 392 g/mol. The largest absolute Gasteiger partial charge is 0.497 e. The van der Waals surface area contributed by atoms with Gasteiger partial charge >= 0.3 is 0 Å². The molecule has 2 aromatic carbocycles. The lowest BCUT2D eigenvalue weighted by atomic mass is 9.92. The summed E-state index contributed by atoms with van der Waals surface area (Å²) in [6.07, 6.45) is 1.56. The van der Waals surface area contributed by atoms with Gasteiger partial charge in [0.25, 0.3) is 5.91 Å².